The summed E-state index contributed by atoms with van der Waals surface area (Å²) in [7, 11) is 1.81. The van der Waals surface area contributed by atoms with Crippen LogP contribution in [0, 0.1) is 5.92 Å². The Hall–Kier alpha value is -0.300. The average molecular weight is 424 g/mol. The van der Waals surface area contributed by atoms with Crippen LogP contribution in [-0.4, -0.2) is 19.6 Å². The van der Waals surface area contributed by atoms with Gasteiger partial charge in [0.2, 0.25) is 0 Å². The van der Waals surface area contributed by atoms with Crippen molar-refractivity contribution >= 4 is 45.9 Å². The molecule has 0 heterocycles. The second kappa shape index (κ2) is 7.99. The Balaban J connectivity index is 0.00000162. The molecule has 0 unspecified atom stereocenters. The van der Waals surface area contributed by atoms with Gasteiger partial charge in [-0.2, -0.15) is 0 Å². The molecule has 100 valence electrons. The molecule has 0 bridgehead atoms. The van der Waals surface area contributed by atoms with E-state index < -0.39 is 0 Å². The highest BCUT2D eigenvalue weighted by Crippen LogP contribution is 2.27. The van der Waals surface area contributed by atoms with Gasteiger partial charge in [-0.1, -0.05) is 28.1 Å². The van der Waals surface area contributed by atoms with Crippen LogP contribution in [0.2, 0.25) is 0 Å². The number of aliphatic imine (C=N–C) groups is 1. The molecular weight excluding hydrogens is 405 g/mol. The first-order valence-corrected chi connectivity index (χ1v) is 6.76. The SMILES string of the molecule is CN=C(NCc1ccc(Br)cc1)NCC1CC1.I. The molecule has 1 aromatic carbocycles. The van der Waals surface area contributed by atoms with Crippen molar-refractivity contribution in [3.8, 4) is 0 Å². The number of nitrogens with zero attached hydrogens (tertiary/aromatic N) is 1. The van der Waals surface area contributed by atoms with E-state index in [4.69, 9.17) is 0 Å². The van der Waals surface area contributed by atoms with Gasteiger partial charge in [-0.25, -0.2) is 0 Å². The van der Waals surface area contributed by atoms with E-state index >= 15 is 0 Å². The molecule has 0 aliphatic heterocycles. The predicted molar refractivity (Wildman–Crippen MR) is 90.5 cm³/mol. The van der Waals surface area contributed by atoms with Gasteiger partial charge in [0.25, 0.3) is 0 Å². The van der Waals surface area contributed by atoms with Crippen molar-refractivity contribution in [3.05, 3.63) is 34.3 Å². The first-order valence-electron chi connectivity index (χ1n) is 5.97. The van der Waals surface area contributed by atoms with Crippen LogP contribution < -0.4 is 10.6 Å². The summed E-state index contributed by atoms with van der Waals surface area (Å²) in [5.74, 6) is 1.75. The van der Waals surface area contributed by atoms with Crippen molar-refractivity contribution in [1.82, 2.24) is 10.6 Å². The van der Waals surface area contributed by atoms with E-state index in [-0.39, 0.29) is 24.0 Å². The van der Waals surface area contributed by atoms with Crippen LogP contribution in [0.15, 0.2) is 33.7 Å². The molecule has 2 N–H and O–H groups in total. The van der Waals surface area contributed by atoms with Gasteiger partial charge in [0.1, 0.15) is 0 Å². The monoisotopic (exact) mass is 423 g/mol. The van der Waals surface area contributed by atoms with Crippen molar-refractivity contribution in [2.75, 3.05) is 13.6 Å². The summed E-state index contributed by atoms with van der Waals surface area (Å²) in [6.07, 6.45) is 2.72. The maximum absolute atomic E-state index is 4.21. The molecular formula is C13H19BrIN3. The highest BCUT2D eigenvalue weighted by Gasteiger charge is 2.20. The Kier molecular flexibility index (Phi) is 6.99. The standard InChI is InChI=1S/C13H18BrN3.HI/c1-15-13(16-8-10-2-3-10)17-9-11-4-6-12(14)7-5-11;/h4-7,10H,2-3,8-9H2,1H3,(H2,15,16,17);1H. The molecule has 5 heteroatoms. The van der Waals surface area contributed by atoms with Crippen molar-refractivity contribution in [2.45, 2.75) is 19.4 Å². The van der Waals surface area contributed by atoms with Crippen molar-refractivity contribution in [2.24, 2.45) is 10.9 Å². The Bertz CT molecular complexity index is 388. The number of guanidine groups is 1. The van der Waals surface area contributed by atoms with Crippen LogP contribution in [-0.2, 0) is 6.54 Å². The number of hydrogen-bond acceptors (Lipinski definition) is 1. The van der Waals surface area contributed by atoms with E-state index in [0.29, 0.717) is 0 Å². The smallest absolute Gasteiger partial charge is 0.191 e. The highest BCUT2D eigenvalue weighted by molar-refractivity contribution is 14.0. The molecule has 1 aromatic rings. The van der Waals surface area contributed by atoms with E-state index in [1.165, 1.54) is 18.4 Å². The Morgan fingerprint density at radius 1 is 1.28 bits per heavy atom. The van der Waals surface area contributed by atoms with Gasteiger partial charge < -0.3 is 10.6 Å². The number of hydrogen-bond donors (Lipinski definition) is 2. The minimum absolute atomic E-state index is 0. The topological polar surface area (TPSA) is 36.4 Å². The third-order valence-electron chi connectivity index (χ3n) is 2.85. The highest BCUT2D eigenvalue weighted by atomic mass is 127. The summed E-state index contributed by atoms with van der Waals surface area (Å²) >= 11 is 3.43. The summed E-state index contributed by atoms with van der Waals surface area (Å²) in [5, 5.41) is 6.65. The van der Waals surface area contributed by atoms with Gasteiger partial charge in [-0.3, -0.25) is 4.99 Å². The van der Waals surface area contributed by atoms with E-state index in [2.05, 4.69) is 55.8 Å². The van der Waals surface area contributed by atoms with E-state index in [9.17, 15) is 0 Å². The van der Waals surface area contributed by atoms with Gasteiger partial charge in [0.05, 0.1) is 0 Å². The molecule has 0 aromatic heterocycles. The molecule has 0 spiro atoms. The summed E-state index contributed by atoms with van der Waals surface area (Å²) in [6.45, 7) is 1.84. The summed E-state index contributed by atoms with van der Waals surface area (Å²) in [4.78, 5) is 4.21. The maximum atomic E-state index is 4.21. The number of benzene rings is 1. The van der Waals surface area contributed by atoms with Gasteiger partial charge >= 0.3 is 0 Å². The lowest BCUT2D eigenvalue weighted by Gasteiger charge is -2.11. The van der Waals surface area contributed by atoms with Crippen molar-refractivity contribution in [1.29, 1.82) is 0 Å². The maximum Gasteiger partial charge on any atom is 0.191 e. The molecule has 1 aliphatic rings. The first-order chi connectivity index (χ1) is 8.28. The first kappa shape index (κ1) is 15.8. The van der Waals surface area contributed by atoms with Crippen LogP contribution in [0.5, 0.6) is 0 Å². The lowest BCUT2D eigenvalue weighted by atomic mass is 10.2. The third kappa shape index (κ3) is 5.56. The molecule has 0 radical (unpaired) electrons. The number of rotatable bonds is 4. The van der Waals surface area contributed by atoms with Gasteiger partial charge in [-0.15, -0.1) is 24.0 Å². The number of nitrogens with one attached hydrogen (secondary N) is 2. The van der Waals surface area contributed by atoms with E-state index in [0.717, 1.165) is 29.4 Å². The molecule has 0 saturated heterocycles. The third-order valence-corrected chi connectivity index (χ3v) is 3.38. The van der Waals surface area contributed by atoms with Crippen LogP contribution in [0.1, 0.15) is 18.4 Å². The largest absolute Gasteiger partial charge is 0.356 e. The van der Waals surface area contributed by atoms with E-state index in [1.807, 2.05) is 7.05 Å². The summed E-state index contributed by atoms with van der Waals surface area (Å²) < 4.78 is 1.11. The quantitative estimate of drug-likeness (QED) is 0.443. The Morgan fingerprint density at radius 3 is 2.50 bits per heavy atom. The molecule has 1 fully saturated rings. The molecule has 1 saturated carbocycles. The lowest BCUT2D eigenvalue weighted by Crippen LogP contribution is -2.37. The van der Waals surface area contributed by atoms with Gasteiger partial charge in [0.15, 0.2) is 5.96 Å². The normalized spacial score (nSPS) is 14.9. The van der Waals surface area contributed by atoms with Crippen LogP contribution >= 0.6 is 39.9 Å². The molecule has 18 heavy (non-hydrogen) atoms. The van der Waals surface area contributed by atoms with Crippen molar-refractivity contribution < 1.29 is 0 Å². The number of halogens is 2. The molecule has 2 rings (SSSR count). The summed E-state index contributed by atoms with van der Waals surface area (Å²) in [5.41, 5.74) is 1.25. The Morgan fingerprint density at radius 2 is 1.94 bits per heavy atom. The van der Waals surface area contributed by atoms with Crippen LogP contribution in [0.25, 0.3) is 0 Å². The molecule has 0 amide bonds. The molecule has 3 nitrogen and oxygen atoms in total. The Labute approximate surface area is 134 Å². The fourth-order valence-corrected chi connectivity index (χ4v) is 1.84. The van der Waals surface area contributed by atoms with Crippen molar-refractivity contribution in [3.63, 3.8) is 0 Å². The minimum Gasteiger partial charge on any atom is -0.356 e. The second-order valence-electron chi connectivity index (χ2n) is 4.38. The zero-order valence-corrected chi connectivity index (χ0v) is 14.4. The fourth-order valence-electron chi connectivity index (χ4n) is 1.57. The fraction of sp³-hybridized carbons (Fsp3) is 0.462. The lowest BCUT2D eigenvalue weighted by molar-refractivity contribution is 0.737. The van der Waals surface area contributed by atoms with Gasteiger partial charge in [-0.05, 0) is 36.5 Å². The minimum atomic E-state index is 0. The second-order valence-corrected chi connectivity index (χ2v) is 5.29. The van der Waals surface area contributed by atoms with Crippen LogP contribution in [0.4, 0.5) is 0 Å². The summed E-state index contributed by atoms with van der Waals surface area (Å²) in [6, 6.07) is 8.31. The van der Waals surface area contributed by atoms with E-state index in [1.54, 1.807) is 0 Å². The molecule has 1 aliphatic carbocycles. The van der Waals surface area contributed by atoms with Crippen LogP contribution in [0.3, 0.4) is 0 Å². The average Bonchev–Trinajstić information content (AvgIpc) is 3.15. The molecule has 0 atom stereocenters. The van der Waals surface area contributed by atoms with Gasteiger partial charge in [0, 0.05) is 24.6 Å². The zero-order valence-electron chi connectivity index (χ0n) is 10.4. The predicted octanol–water partition coefficient (Wildman–Crippen LogP) is 3.14. The zero-order chi connectivity index (χ0) is 12.1.